The van der Waals surface area contributed by atoms with Gasteiger partial charge < -0.3 is 14.5 Å². The summed E-state index contributed by atoms with van der Waals surface area (Å²) in [6.07, 6.45) is -0.257. The van der Waals surface area contributed by atoms with E-state index in [1.54, 1.807) is 41.7 Å². The smallest absolute Gasteiger partial charge is 0.344 e. The lowest BCUT2D eigenvalue weighted by Crippen LogP contribution is -2.41. The molecule has 7 heteroatoms. The minimum absolute atomic E-state index is 0.281. The molecule has 0 spiro atoms. The van der Waals surface area contributed by atoms with Crippen molar-refractivity contribution in [2.24, 2.45) is 0 Å². The van der Waals surface area contributed by atoms with E-state index >= 15 is 0 Å². The predicted octanol–water partition coefficient (Wildman–Crippen LogP) is 4.25. The number of ether oxygens (including phenoxy) is 1. The van der Waals surface area contributed by atoms with Crippen molar-refractivity contribution in [3.8, 4) is 5.75 Å². The fourth-order valence-corrected chi connectivity index (χ4v) is 4.67. The number of carbonyl (C=O) groups is 1. The molecule has 0 saturated carbocycles. The number of hydrogen-bond donors (Lipinski definition) is 1. The molecule has 31 heavy (non-hydrogen) atoms. The van der Waals surface area contributed by atoms with Crippen molar-refractivity contribution < 1.29 is 18.3 Å². The van der Waals surface area contributed by atoms with Gasteiger partial charge in [0.2, 0.25) is 0 Å². The molecule has 0 saturated heterocycles. The minimum atomic E-state index is -0.961. The summed E-state index contributed by atoms with van der Waals surface area (Å²) in [6, 6.07) is 16.8. The SMILES string of the molecule is O=C(NCCc1cccs1)[C@@H]1Oc2c(c(=O)oc3ccccc23)[C@H]1c1ccc(F)cc1. The van der Waals surface area contributed by atoms with E-state index in [9.17, 15) is 14.0 Å². The Bertz CT molecular complexity index is 1300. The van der Waals surface area contributed by atoms with E-state index in [4.69, 9.17) is 9.15 Å². The molecule has 0 unspecified atom stereocenters. The summed E-state index contributed by atoms with van der Waals surface area (Å²) in [4.78, 5) is 27.1. The lowest BCUT2D eigenvalue weighted by Gasteiger charge is -2.18. The molecule has 1 aliphatic rings. The number of fused-ring (bicyclic) bond motifs is 3. The Hall–Kier alpha value is -3.45. The van der Waals surface area contributed by atoms with Crippen LogP contribution in [0, 0.1) is 5.82 Å². The highest BCUT2D eigenvalue weighted by atomic mass is 32.1. The molecule has 3 heterocycles. The fourth-order valence-electron chi connectivity index (χ4n) is 3.96. The van der Waals surface area contributed by atoms with E-state index < -0.39 is 23.5 Å². The molecule has 0 aliphatic carbocycles. The van der Waals surface area contributed by atoms with Crippen molar-refractivity contribution in [3.05, 3.63) is 98.3 Å². The maximum atomic E-state index is 13.5. The number of nitrogens with one attached hydrogen (secondary N) is 1. The Balaban J connectivity index is 1.52. The number of rotatable bonds is 5. The highest BCUT2D eigenvalue weighted by Crippen LogP contribution is 2.44. The standard InChI is InChI=1S/C24H18FNO4S/c25-15-9-7-14(8-10-15)19-20-21(17-5-1-2-6-18(17)29-24(20)28)30-22(19)23(27)26-12-11-16-4-3-13-31-16/h1-10,13,19,22H,11-12H2,(H,26,27)/t19-,22-/m1/s1. The zero-order valence-electron chi connectivity index (χ0n) is 16.3. The maximum absolute atomic E-state index is 13.5. The molecule has 2 atom stereocenters. The van der Waals surface area contributed by atoms with Crippen LogP contribution in [-0.4, -0.2) is 18.6 Å². The average Bonchev–Trinajstić information content (AvgIpc) is 3.43. The number of carbonyl (C=O) groups excluding carboxylic acids is 1. The van der Waals surface area contributed by atoms with Crippen LogP contribution in [0.5, 0.6) is 5.75 Å². The summed E-state index contributed by atoms with van der Waals surface area (Å²) in [5.74, 6) is -1.08. The van der Waals surface area contributed by atoms with Gasteiger partial charge in [0, 0.05) is 11.4 Å². The molecule has 5 rings (SSSR count). The second kappa shape index (κ2) is 8.00. The van der Waals surface area contributed by atoms with Crippen molar-refractivity contribution in [1.82, 2.24) is 5.32 Å². The first kappa shape index (κ1) is 19.5. The number of benzene rings is 2. The minimum Gasteiger partial charge on any atom is -0.478 e. The summed E-state index contributed by atoms with van der Waals surface area (Å²) < 4.78 is 25.1. The quantitative estimate of drug-likeness (QED) is 0.476. The number of amides is 1. The van der Waals surface area contributed by atoms with Crippen LogP contribution in [-0.2, 0) is 11.2 Å². The first-order valence-corrected chi connectivity index (χ1v) is 10.8. The number of thiophene rings is 1. The maximum Gasteiger partial charge on any atom is 0.344 e. The molecule has 0 bridgehead atoms. The second-order valence-electron chi connectivity index (χ2n) is 7.32. The molecule has 0 fully saturated rings. The van der Waals surface area contributed by atoms with Crippen LogP contribution in [0.2, 0.25) is 0 Å². The number of para-hydroxylation sites is 1. The molecule has 156 valence electrons. The van der Waals surface area contributed by atoms with Gasteiger partial charge in [-0.25, -0.2) is 9.18 Å². The van der Waals surface area contributed by atoms with E-state index in [1.165, 1.54) is 12.1 Å². The topological polar surface area (TPSA) is 68.5 Å². The van der Waals surface area contributed by atoms with Crippen LogP contribution in [0.25, 0.3) is 11.0 Å². The Labute approximate surface area is 181 Å². The van der Waals surface area contributed by atoms with Crippen LogP contribution in [0.15, 0.2) is 75.3 Å². The molecule has 0 radical (unpaired) electrons. The molecule has 5 nitrogen and oxygen atoms in total. The Morgan fingerprint density at radius 2 is 1.87 bits per heavy atom. The molecular formula is C24H18FNO4S. The molecule has 1 N–H and O–H groups in total. The zero-order chi connectivity index (χ0) is 21.4. The van der Waals surface area contributed by atoms with Gasteiger partial charge in [0.25, 0.3) is 5.91 Å². The van der Waals surface area contributed by atoms with Gasteiger partial charge in [-0.05, 0) is 47.7 Å². The van der Waals surface area contributed by atoms with Crippen LogP contribution >= 0.6 is 11.3 Å². The number of halogens is 1. The summed E-state index contributed by atoms with van der Waals surface area (Å²) >= 11 is 1.63. The van der Waals surface area contributed by atoms with Gasteiger partial charge in [0.05, 0.1) is 16.9 Å². The summed E-state index contributed by atoms with van der Waals surface area (Å²) in [5.41, 5.74) is 0.727. The van der Waals surface area contributed by atoms with Gasteiger partial charge in [-0.2, -0.15) is 0 Å². The van der Waals surface area contributed by atoms with Gasteiger partial charge in [0.15, 0.2) is 6.10 Å². The molecule has 2 aromatic carbocycles. The van der Waals surface area contributed by atoms with Crippen molar-refractivity contribution in [1.29, 1.82) is 0 Å². The van der Waals surface area contributed by atoms with Gasteiger partial charge in [0.1, 0.15) is 17.1 Å². The Morgan fingerprint density at radius 1 is 1.06 bits per heavy atom. The zero-order valence-corrected chi connectivity index (χ0v) is 17.2. The molecule has 1 amide bonds. The van der Waals surface area contributed by atoms with E-state index in [0.717, 1.165) is 4.88 Å². The molecule has 2 aromatic heterocycles. The number of hydrogen-bond acceptors (Lipinski definition) is 5. The predicted molar refractivity (Wildman–Crippen MR) is 116 cm³/mol. The second-order valence-corrected chi connectivity index (χ2v) is 8.35. The normalized spacial score (nSPS) is 17.3. The van der Waals surface area contributed by atoms with Gasteiger partial charge in [-0.15, -0.1) is 11.3 Å². The first-order valence-electron chi connectivity index (χ1n) is 9.90. The van der Waals surface area contributed by atoms with E-state index in [2.05, 4.69) is 5.32 Å². The highest BCUT2D eigenvalue weighted by molar-refractivity contribution is 7.09. The van der Waals surface area contributed by atoms with Crippen LogP contribution in [0.4, 0.5) is 4.39 Å². The van der Waals surface area contributed by atoms with E-state index in [-0.39, 0.29) is 11.5 Å². The molecular weight excluding hydrogens is 417 g/mol. The van der Waals surface area contributed by atoms with E-state index in [1.807, 2.05) is 23.6 Å². The third-order valence-corrected chi connectivity index (χ3v) is 6.33. The van der Waals surface area contributed by atoms with E-state index in [0.29, 0.717) is 35.2 Å². The molecule has 4 aromatic rings. The van der Waals surface area contributed by atoms with Crippen molar-refractivity contribution in [2.75, 3.05) is 6.54 Å². The van der Waals surface area contributed by atoms with Crippen molar-refractivity contribution >= 4 is 28.2 Å². The summed E-state index contributed by atoms with van der Waals surface area (Å²) in [7, 11) is 0. The van der Waals surface area contributed by atoms with Crippen molar-refractivity contribution in [3.63, 3.8) is 0 Å². The van der Waals surface area contributed by atoms with Gasteiger partial charge in [-0.3, -0.25) is 4.79 Å². The third-order valence-electron chi connectivity index (χ3n) is 5.40. The van der Waals surface area contributed by atoms with Crippen molar-refractivity contribution in [2.45, 2.75) is 18.4 Å². The largest absolute Gasteiger partial charge is 0.478 e. The van der Waals surface area contributed by atoms with Crippen LogP contribution < -0.4 is 15.7 Å². The lowest BCUT2D eigenvalue weighted by molar-refractivity contribution is -0.127. The third kappa shape index (κ3) is 3.61. The monoisotopic (exact) mass is 435 g/mol. The Morgan fingerprint density at radius 3 is 2.65 bits per heavy atom. The van der Waals surface area contributed by atoms with Gasteiger partial charge in [-0.1, -0.05) is 30.3 Å². The first-order chi connectivity index (χ1) is 15.1. The summed E-state index contributed by atoms with van der Waals surface area (Å²) in [6.45, 7) is 0.445. The summed E-state index contributed by atoms with van der Waals surface area (Å²) in [5, 5.41) is 5.52. The van der Waals surface area contributed by atoms with Crippen LogP contribution in [0.1, 0.15) is 21.9 Å². The van der Waals surface area contributed by atoms with Crippen LogP contribution in [0.3, 0.4) is 0 Å². The fraction of sp³-hybridized carbons (Fsp3) is 0.167. The lowest BCUT2D eigenvalue weighted by atomic mass is 9.88. The highest BCUT2D eigenvalue weighted by Gasteiger charge is 2.44. The average molecular weight is 435 g/mol. The Kier molecular flexibility index (Phi) is 5.03. The van der Waals surface area contributed by atoms with Gasteiger partial charge >= 0.3 is 5.63 Å². The molecule has 1 aliphatic heterocycles.